The molecule has 0 unspecified atom stereocenters. The molecule has 1 fully saturated rings. The highest BCUT2D eigenvalue weighted by molar-refractivity contribution is 7.14. The molecule has 1 atom stereocenters. The molecule has 1 amide bonds. The molecular formula is C21H23N7O3S. The highest BCUT2D eigenvalue weighted by Gasteiger charge is 2.22. The van der Waals surface area contributed by atoms with E-state index in [-0.39, 0.29) is 12.0 Å². The van der Waals surface area contributed by atoms with Gasteiger partial charge in [-0.3, -0.25) is 9.48 Å². The third-order valence-corrected chi connectivity index (χ3v) is 5.97. The number of rotatable bonds is 6. The van der Waals surface area contributed by atoms with E-state index in [0.717, 1.165) is 28.1 Å². The minimum atomic E-state index is -0.0655. The summed E-state index contributed by atoms with van der Waals surface area (Å²) in [5.74, 6) is 0.827. The maximum Gasteiger partial charge on any atom is 0.254 e. The Morgan fingerprint density at radius 3 is 2.97 bits per heavy atom. The number of carbonyl (C=O) groups is 1. The zero-order valence-corrected chi connectivity index (χ0v) is 18.8. The van der Waals surface area contributed by atoms with Crippen LogP contribution < -0.4 is 10.1 Å². The van der Waals surface area contributed by atoms with Gasteiger partial charge in [0.15, 0.2) is 0 Å². The van der Waals surface area contributed by atoms with Gasteiger partial charge in [0.2, 0.25) is 11.8 Å². The van der Waals surface area contributed by atoms with Gasteiger partial charge in [-0.2, -0.15) is 10.1 Å². The number of nitrogens with one attached hydrogen (secondary N) is 1. The highest BCUT2D eigenvalue weighted by Crippen LogP contribution is 2.31. The van der Waals surface area contributed by atoms with Gasteiger partial charge >= 0.3 is 0 Å². The summed E-state index contributed by atoms with van der Waals surface area (Å²) in [6.45, 7) is 1.20. The summed E-state index contributed by atoms with van der Waals surface area (Å²) in [5.41, 5.74) is 3.02. The fourth-order valence-electron chi connectivity index (χ4n) is 3.55. The molecule has 0 bridgehead atoms. The van der Waals surface area contributed by atoms with Crippen LogP contribution in [0.25, 0.3) is 16.7 Å². The van der Waals surface area contributed by atoms with Crippen LogP contribution in [-0.2, 0) is 11.8 Å². The molecule has 0 spiro atoms. The Balaban J connectivity index is 1.52. The fraction of sp³-hybridized carbons (Fsp3) is 0.333. The molecule has 10 nitrogen and oxygen atoms in total. The first-order valence-corrected chi connectivity index (χ1v) is 11.1. The maximum absolute atomic E-state index is 12.2. The van der Waals surface area contributed by atoms with E-state index in [0.29, 0.717) is 30.6 Å². The maximum atomic E-state index is 12.2. The van der Waals surface area contributed by atoms with Crippen molar-refractivity contribution in [3.8, 4) is 11.6 Å². The van der Waals surface area contributed by atoms with E-state index < -0.39 is 0 Å². The number of nitrogens with zero attached hydrogens (tertiary/aromatic N) is 6. The van der Waals surface area contributed by atoms with Crippen molar-refractivity contribution in [1.29, 1.82) is 0 Å². The molecule has 0 saturated carbocycles. The van der Waals surface area contributed by atoms with Gasteiger partial charge in [-0.25, -0.2) is 4.98 Å². The van der Waals surface area contributed by atoms with E-state index >= 15 is 0 Å². The van der Waals surface area contributed by atoms with Gasteiger partial charge in [0.1, 0.15) is 11.6 Å². The number of amides is 1. The minimum Gasteiger partial charge on any atom is -0.470 e. The van der Waals surface area contributed by atoms with E-state index in [1.165, 1.54) is 11.3 Å². The highest BCUT2D eigenvalue weighted by atomic mass is 32.1. The van der Waals surface area contributed by atoms with Crippen LogP contribution in [-0.4, -0.2) is 68.5 Å². The Morgan fingerprint density at radius 1 is 1.38 bits per heavy atom. The van der Waals surface area contributed by atoms with Crippen molar-refractivity contribution in [2.24, 2.45) is 7.05 Å². The molecule has 1 saturated heterocycles. The predicted octanol–water partition coefficient (Wildman–Crippen LogP) is 2.83. The van der Waals surface area contributed by atoms with E-state index in [1.54, 1.807) is 35.9 Å². The van der Waals surface area contributed by atoms with Crippen LogP contribution >= 0.6 is 11.3 Å². The average molecular weight is 454 g/mol. The van der Waals surface area contributed by atoms with Gasteiger partial charge in [0, 0.05) is 45.3 Å². The van der Waals surface area contributed by atoms with Crippen LogP contribution in [0.3, 0.4) is 0 Å². The Kier molecular flexibility index (Phi) is 5.27. The van der Waals surface area contributed by atoms with Crippen molar-refractivity contribution in [3.05, 3.63) is 41.7 Å². The van der Waals surface area contributed by atoms with Crippen molar-refractivity contribution < 1.29 is 14.3 Å². The van der Waals surface area contributed by atoms with Crippen LogP contribution in [0, 0.1) is 0 Å². The second kappa shape index (κ2) is 8.24. The van der Waals surface area contributed by atoms with E-state index in [1.807, 2.05) is 35.5 Å². The molecule has 4 aromatic heterocycles. The number of fused-ring (bicyclic) bond motifs is 1. The van der Waals surface area contributed by atoms with Gasteiger partial charge in [-0.1, -0.05) is 0 Å². The van der Waals surface area contributed by atoms with Gasteiger partial charge in [-0.05, 0) is 12.1 Å². The molecule has 166 valence electrons. The number of aryl methyl sites for hydroxylation is 1. The lowest BCUT2D eigenvalue weighted by Crippen LogP contribution is -2.20. The quantitative estimate of drug-likeness (QED) is 0.479. The molecule has 0 radical (unpaired) electrons. The molecular weight excluding hydrogens is 430 g/mol. The largest absolute Gasteiger partial charge is 0.470 e. The lowest BCUT2D eigenvalue weighted by atomic mass is 10.3. The molecule has 5 heterocycles. The third kappa shape index (κ3) is 3.92. The lowest BCUT2D eigenvalue weighted by molar-refractivity contribution is 0.0828. The first kappa shape index (κ1) is 20.5. The number of aromatic nitrogens is 5. The normalized spacial score (nSPS) is 15.9. The van der Waals surface area contributed by atoms with Crippen molar-refractivity contribution in [2.45, 2.75) is 12.5 Å². The molecule has 1 aliphatic rings. The Bertz CT molecular complexity index is 1270. The number of thiophene rings is 1. The summed E-state index contributed by atoms with van der Waals surface area (Å²) in [5, 5.41) is 10.1. The smallest absolute Gasteiger partial charge is 0.254 e. The summed E-state index contributed by atoms with van der Waals surface area (Å²) < 4.78 is 15.4. The molecule has 5 rings (SSSR count). The Labute approximate surface area is 188 Å². The molecule has 32 heavy (non-hydrogen) atoms. The number of hydrogen-bond donors (Lipinski definition) is 1. The van der Waals surface area contributed by atoms with Gasteiger partial charge in [0.05, 0.1) is 41.2 Å². The van der Waals surface area contributed by atoms with Gasteiger partial charge < -0.3 is 24.3 Å². The first-order valence-electron chi connectivity index (χ1n) is 10.2. The van der Waals surface area contributed by atoms with Crippen molar-refractivity contribution in [3.63, 3.8) is 0 Å². The zero-order valence-electron chi connectivity index (χ0n) is 18.0. The van der Waals surface area contributed by atoms with Crippen molar-refractivity contribution in [1.82, 2.24) is 29.2 Å². The third-order valence-electron chi connectivity index (χ3n) is 5.12. The van der Waals surface area contributed by atoms with Crippen LogP contribution in [0.15, 0.2) is 36.1 Å². The number of ether oxygens (including phenoxy) is 2. The summed E-state index contributed by atoms with van der Waals surface area (Å²) in [7, 11) is 5.33. The zero-order chi connectivity index (χ0) is 22.2. The van der Waals surface area contributed by atoms with Gasteiger partial charge in [-0.15, -0.1) is 11.3 Å². The molecule has 1 N–H and O–H groups in total. The number of hydrogen-bond acceptors (Lipinski definition) is 8. The van der Waals surface area contributed by atoms with Crippen LogP contribution in [0.1, 0.15) is 16.8 Å². The Hall–Kier alpha value is -3.44. The number of carbonyl (C=O) groups excluding carboxylic acids is 1. The van der Waals surface area contributed by atoms with Crippen LogP contribution in [0.2, 0.25) is 0 Å². The fourth-order valence-corrected chi connectivity index (χ4v) is 4.31. The minimum absolute atomic E-state index is 0.0514. The average Bonchev–Trinajstić information content (AvgIpc) is 3.54. The molecule has 1 aliphatic heterocycles. The van der Waals surface area contributed by atoms with Crippen molar-refractivity contribution >= 4 is 39.2 Å². The van der Waals surface area contributed by atoms with Gasteiger partial charge in [0.25, 0.3) is 5.91 Å². The second-order valence-electron chi connectivity index (χ2n) is 7.77. The molecule has 11 heteroatoms. The van der Waals surface area contributed by atoms with E-state index in [2.05, 4.69) is 20.4 Å². The first-order chi connectivity index (χ1) is 15.5. The van der Waals surface area contributed by atoms with Crippen LogP contribution in [0.4, 0.5) is 10.9 Å². The Morgan fingerprint density at radius 2 is 2.25 bits per heavy atom. The van der Waals surface area contributed by atoms with Crippen molar-refractivity contribution in [2.75, 3.05) is 32.6 Å². The second-order valence-corrected chi connectivity index (χ2v) is 8.68. The molecule has 0 aliphatic carbocycles. The standard InChI is InChI=1S/C21H23N7O3S/c1-26(2)20(29)13-8-17(32-12-13)24-21-23-16-4-6-28(14-9-22-27(3)10-14)18(16)19(25-21)31-15-5-7-30-11-15/h4,6,8-10,12,15H,5,7,11H2,1-3H3,(H,23,24,25)/t15-/m0/s1. The van der Waals surface area contributed by atoms with Crippen LogP contribution in [0.5, 0.6) is 5.88 Å². The summed E-state index contributed by atoms with van der Waals surface area (Å²) >= 11 is 1.42. The molecule has 0 aromatic carbocycles. The molecule has 4 aromatic rings. The SMILES string of the molecule is CN(C)C(=O)c1csc(Nc2nc(O[C@H]3CCOC3)c3c(ccn3-c3cnn(C)c3)n2)c1. The van der Waals surface area contributed by atoms with E-state index in [4.69, 9.17) is 9.47 Å². The lowest BCUT2D eigenvalue weighted by Gasteiger charge is -2.14. The topological polar surface area (TPSA) is 99.3 Å². The monoisotopic (exact) mass is 453 g/mol. The summed E-state index contributed by atoms with van der Waals surface area (Å²) in [4.78, 5) is 23.1. The van der Waals surface area contributed by atoms with E-state index in [9.17, 15) is 4.79 Å². The summed E-state index contributed by atoms with van der Waals surface area (Å²) in [6, 6.07) is 3.72. The predicted molar refractivity (Wildman–Crippen MR) is 121 cm³/mol. The number of anilines is 2. The summed E-state index contributed by atoms with van der Waals surface area (Å²) in [6.07, 6.45) is 6.37.